The molecular weight excluding hydrogens is 316 g/mol. The van der Waals surface area contributed by atoms with Gasteiger partial charge in [-0.3, -0.25) is 4.99 Å². The van der Waals surface area contributed by atoms with E-state index >= 15 is 0 Å². The fraction of sp³-hybridized carbons (Fsp3) is 0.684. The number of hydrogen-bond donors (Lipinski definition) is 2. The number of nitrogens with one attached hydrogen (secondary N) is 2. The maximum absolute atomic E-state index is 5.66. The Balaban J connectivity index is 2.52. The summed E-state index contributed by atoms with van der Waals surface area (Å²) in [7, 11) is 3.44. The molecular formula is C19H34N4O2. The van der Waals surface area contributed by atoms with Crippen molar-refractivity contribution in [1.82, 2.24) is 15.6 Å². The zero-order chi connectivity index (χ0) is 18.7. The second-order valence-corrected chi connectivity index (χ2v) is 7.38. The Morgan fingerprint density at radius 3 is 2.72 bits per heavy atom. The van der Waals surface area contributed by atoms with Gasteiger partial charge in [-0.2, -0.15) is 0 Å². The van der Waals surface area contributed by atoms with Crippen molar-refractivity contribution < 1.29 is 9.47 Å². The molecule has 25 heavy (non-hydrogen) atoms. The van der Waals surface area contributed by atoms with E-state index in [0.29, 0.717) is 37.1 Å². The first kappa shape index (κ1) is 21.2. The molecule has 1 unspecified atom stereocenters. The highest BCUT2D eigenvalue weighted by Crippen LogP contribution is 2.21. The predicted molar refractivity (Wildman–Crippen MR) is 103 cm³/mol. The van der Waals surface area contributed by atoms with E-state index in [1.54, 1.807) is 20.4 Å². The maximum Gasteiger partial charge on any atom is 0.218 e. The Hall–Kier alpha value is -1.82. The number of nitrogens with zero attached hydrogens (tertiary/aromatic N) is 2. The van der Waals surface area contributed by atoms with Crippen molar-refractivity contribution in [3.8, 4) is 5.88 Å². The molecule has 1 rings (SSSR count). The summed E-state index contributed by atoms with van der Waals surface area (Å²) in [5.41, 5.74) is 1.33. The van der Waals surface area contributed by atoms with Crippen LogP contribution in [0.15, 0.2) is 23.3 Å². The van der Waals surface area contributed by atoms with Crippen LogP contribution >= 0.6 is 0 Å². The average molecular weight is 351 g/mol. The number of aromatic nitrogens is 1. The lowest BCUT2D eigenvalue weighted by Gasteiger charge is -2.23. The van der Waals surface area contributed by atoms with Gasteiger partial charge in [-0.05, 0) is 31.2 Å². The lowest BCUT2D eigenvalue weighted by atomic mass is 9.89. The molecule has 1 heterocycles. The molecule has 0 fully saturated rings. The SMILES string of the molecule is CN=C(NCc1cccnc1OCCOC)NC(C)CCC(C)(C)C. The van der Waals surface area contributed by atoms with Crippen molar-refractivity contribution >= 4 is 5.96 Å². The Morgan fingerprint density at radius 2 is 2.08 bits per heavy atom. The first-order chi connectivity index (χ1) is 11.9. The summed E-state index contributed by atoms with van der Waals surface area (Å²) in [6, 6.07) is 4.26. The molecule has 0 saturated carbocycles. The second kappa shape index (κ2) is 10.9. The van der Waals surface area contributed by atoms with Gasteiger partial charge >= 0.3 is 0 Å². The van der Waals surface area contributed by atoms with Crippen molar-refractivity contribution in [2.45, 2.75) is 53.1 Å². The number of guanidine groups is 1. The monoisotopic (exact) mass is 350 g/mol. The molecule has 0 aromatic carbocycles. The van der Waals surface area contributed by atoms with Gasteiger partial charge in [0, 0.05) is 38.5 Å². The number of ether oxygens (including phenoxy) is 2. The lowest BCUT2D eigenvalue weighted by Crippen LogP contribution is -2.42. The van der Waals surface area contributed by atoms with Crippen LogP contribution in [-0.4, -0.2) is 44.4 Å². The Labute approximate surface area is 152 Å². The van der Waals surface area contributed by atoms with Crippen LogP contribution in [0.2, 0.25) is 0 Å². The fourth-order valence-electron chi connectivity index (χ4n) is 2.24. The van der Waals surface area contributed by atoms with Crippen molar-refractivity contribution in [2.75, 3.05) is 27.4 Å². The molecule has 0 aliphatic heterocycles. The molecule has 0 saturated heterocycles. The molecule has 0 amide bonds. The highest BCUT2D eigenvalue weighted by atomic mass is 16.5. The van der Waals surface area contributed by atoms with Crippen LogP contribution in [0.1, 0.15) is 46.1 Å². The van der Waals surface area contributed by atoms with Crippen LogP contribution in [0.5, 0.6) is 5.88 Å². The molecule has 0 radical (unpaired) electrons. The van der Waals surface area contributed by atoms with Crippen molar-refractivity contribution in [2.24, 2.45) is 10.4 Å². The standard InChI is InChI=1S/C19H34N4O2/c1-15(9-10-19(2,3)4)23-18(20-5)22-14-16-8-7-11-21-17(16)25-13-12-24-6/h7-8,11,15H,9-10,12-14H2,1-6H3,(H2,20,22,23). The van der Waals surface area contributed by atoms with E-state index in [-0.39, 0.29) is 0 Å². The molecule has 2 N–H and O–H groups in total. The van der Waals surface area contributed by atoms with Crippen LogP contribution in [0, 0.1) is 5.41 Å². The molecule has 0 spiro atoms. The minimum atomic E-state index is 0.344. The maximum atomic E-state index is 5.66. The quantitative estimate of drug-likeness (QED) is 0.407. The van der Waals surface area contributed by atoms with Gasteiger partial charge in [-0.1, -0.05) is 26.8 Å². The normalized spacial score (nSPS) is 13.4. The van der Waals surface area contributed by atoms with Gasteiger partial charge in [0.1, 0.15) is 6.61 Å². The van der Waals surface area contributed by atoms with E-state index in [2.05, 4.69) is 48.3 Å². The molecule has 1 atom stereocenters. The Morgan fingerprint density at radius 1 is 1.32 bits per heavy atom. The van der Waals surface area contributed by atoms with Crippen molar-refractivity contribution in [3.63, 3.8) is 0 Å². The summed E-state index contributed by atoms with van der Waals surface area (Å²) in [4.78, 5) is 8.60. The zero-order valence-electron chi connectivity index (χ0n) is 16.6. The highest BCUT2D eigenvalue weighted by Gasteiger charge is 2.13. The molecule has 142 valence electrons. The van der Waals surface area contributed by atoms with Crippen LogP contribution < -0.4 is 15.4 Å². The van der Waals surface area contributed by atoms with Crippen LogP contribution in [0.3, 0.4) is 0 Å². The molecule has 0 bridgehead atoms. The summed E-state index contributed by atoms with van der Waals surface area (Å²) in [6.45, 7) is 10.6. The van der Waals surface area contributed by atoms with Gasteiger partial charge < -0.3 is 20.1 Å². The van der Waals surface area contributed by atoms with Gasteiger partial charge in [0.2, 0.25) is 5.88 Å². The minimum Gasteiger partial charge on any atom is -0.475 e. The van der Waals surface area contributed by atoms with E-state index in [0.717, 1.165) is 24.4 Å². The minimum absolute atomic E-state index is 0.344. The highest BCUT2D eigenvalue weighted by molar-refractivity contribution is 5.79. The Kier molecular flexibility index (Phi) is 9.27. The number of aliphatic imine (C=N–C) groups is 1. The van der Waals surface area contributed by atoms with Crippen molar-refractivity contribution in [1.29, 1.82) is 0 Å². The predicted octanol–water partition coefficient (Wildman–Crippen LogP) is 2.99. The second-order valence-electron chi connectivity index (χ2n) is 7.38. The van der Waals surface area contributed by atoms with Gasteiger partial charge in [-0.15, -0.1) is 0 Å². The summed E-state index contributed by atoms with van der Waals surface area (Å²) in [5, 5.41) is 6.77. The summed E-state index contributed by atoms with van der Waals surface area (Å²) in [5.74, 6) is 1.41. The van der Waals surface area contributed by atoms with Crippen LogP contribution in [-0.2, 0) is 11.3 Å². The Bertz CT molecular complexity index is 526. The third kappa shape index (κ3) is 9.29. The number of methoxy groups -OCH3 is 1. The van der Waals surface area contributed by atoms with E-state index in [4.69, 9.17) is 9.47 Å². The average Bonchev–Trinajstić information content (AvgIpc) is 2.57. The molecule has 0 aliphatic rings. The molecule has 1 aromatic rings. The van der Waals surface area contributed by atoms with E-state index < -0.39 is 0 Å². The van der Waals surface area contributed by atoms with Gasteiger partial charge in [0.15, 0.2) is 5.96 Å². The smallest absolute Gasteiger partial charge is 0.218 e. The van der Waals surface area contributed by atoms with Crippen LogP contribution in [0.25, 0.3) is 0 Å². The molecule has 1 aromatic heterocycles. The number of hydrogen-bond acceptors (Lipinski definition) is 4. The fourth-order valence-corrected chi connectivity index (χ4v) is 2.24. The van der Waals surface area contributed by atoms with Crippen LogP contribution in [0.4, 0.5) is 0 Å². The third-order valence-corrected chi connectivity index (χ3v) is 3.76. The molecule has 0 aliphatic carbocycles. The summed E-state index contributed by atoms with van der Waals surface area (Å²) >= 11 is 0. The van der Waals surface area contributed by atoms with Gasteiger partial charge in [0.25, 0.3) is 0 Å². The lowest BCUT2D eigenvalue weighted by molar-refractivity contribution is 0.143. The van der Waals surface area contributed by atoms with E-state index in [1.807, 2.05) is 12.1 Å². The third-order valence-electron chi connectivity index (χ3n) is 3.76. The molecule has 6 nitrogen and oxygen atoms in total. The largest absolute Gasteiger partial charge is 0.475 e. The first-order valence-electron chi connectivity index (χ1n) is 8.88. The van der Waals surface area contributed by atoms with Gasteiger partial charge in [-0.25, -0.2) is 4.98 Å². The number of pyridine rings is 1. The van der Waals surface area contributed by atoms with Gasteiger partial charge in [0.05, 0.1) is 6.61 Å². The van der Waals surface area contributed by atoms with Crippen molar-refractivity contribution in [3.05, 3.63) is 23.9 Å². The summed E-state index contributed by atoms with van der Waals surface area (Å²) < 4.78 is 10.7. The van der Waals surface area contributed by atoms with E-state index in [1.165, 1.54) is 0 Å². The topological polar surface area (TPSA) is 67.8 Å². The number of rotatable bonds is 9. The first-order valence-corrected chi connectivity index (χ1v) is 8.88. The zero-order valence-corrected chi connectivity index (χ0v) is 16.6. The van der Waals surface area contributed by atoms with E-state index in [9.17, 15) is 0 Å². The summed E-state index contributed by atoms with van der Waals surface area (Å²) in [6.07, 6.45) is 3.99. The molecule has 6 heteroatoms.